The molecule has 0 spiro atoms. The fourth-order valence-electron chi connectivity index (χ4n) is 9.18. The van der Waals surface area contributed by atoms with E-state index in [1.54, 1.807) is 152 Å². The van der Waals surface area contributed by atoms with E-state index >= 15 is 0 Å². The van der Waals surface area contributed by atoms with E-state index in [1.165, 1.54) is 47.6 Å². The first kappa shape index (κ1) is 79.4. The maximum absolute atomic E-state index is 12.6. The van der Waals surface area contributed by atoms with Crippen LogP contribution in [0.15, 0.2) is 148 Å². The van der Waals surface area contributed by atoms with Crippen molar-refractivity contribution in [1.29, 1.82) is 0 Å². The number of carboxylic acids is 1. The maximum atomic E-state index is 12.6. The Morgan fingerprint density at radius 1 is 0.500 bits per heavy atom. The lowest BCUT2D eigenvalue weighted by Gasteiger charge is -2.34. The fourth-order valence-corrected chi connectivity index (χ4v) is 10.7. The number of alkyl carbamates (subject to hydrolysis) is 2. The van der Waals surface area contributed by atoms with E-state index in [-0.39, 0.29) is 34.1 Å². The van der Waals surface area contributed by atoms with E-state index in [4.69, 9.17) is 41.0 Å². The predicted molar refractivity (Wildman–Crippen MR) is 361 cm³/mol. The summed E-state index contributed by atoms with van der Waals surface area (Å²) in [5.74, 6) is -2.96. The van der Waals surface area contributed by atoms with Crippen molar-refractivity contribution >= 4 is 74.8 Å². The number of carboxylic acid groups (broad SMARTS) is 1. The Balaban J connectivity index is 0.000000345. The van der Waals surface area contributed by atoms with Gasteiger partial charge in [-0.3, -0.25) is 28.8 Å². The molecule has 4 unspecified atom stereocenters. The SMILES string of the molecule is CC(C)(C)OC(=O)NC(c1ccccc1)C(C)(C)C(=O)O.COC(=O)C(C)(C)C(N)c1ccccc1.COC(=O)C(C)(C)C(NC(=O)OC(C)(C)C)c1ccccc1.COC(=O)C(C)(C)C(Nc1c(Nc2ccc(Cl)c(S(=O)(=O)N(C)C)c2O)c(=O)c1=O)c1ccccc1. The average Bonchev–Trinajstić information content (AvgIpc) is 0.756. The number of ether oxygens (including phenoxy) is 5. The third-order valence-electron chi connectivity index (χ3n) is 14.8. The highest BCUT2D eigenvalue weighted by atomic mass is 35.5. The van der Waals surface area contributed by atoms with Gasteiger partial charge in [-0.25, -0.2) is 22.3 Å². The molecule has 25 heteroatoms. The molecular formula is C69H91ClN6O17S. The van der Waals surface area contributed by atoms with Crippen LogP contribution in [0.3, 0.4) is 0 Å². The number of methoxy groups -OCH3 is 3. The molecule has 6 aromatic rings. The maximum Gasteiger partial charge on any atom is 0.408 e. The summed E-state index contributed by atoms with van der Waals surface area (Å²) < 4.78 is 51.2. The molecule has 0 heterocycles. The highest BCUT2D eigenvalue weighted by Crippen LogP contribution is 2.43. The molecule has 6 aromatic carbocycles. The molecule has 0 aromatic heterocycles. The number of phenolic OH excluding ortho intramolecular Hbond substituents is 1. The van der Waals surface area contributed by atoms with Gasteiger partial charge in [0.25, 0.3) is 10.9 Å². The van der Waals surface area contributed by atoms with E-state index in [2.05, 4.69) is 21.3 Å². The van der Waals surface area contributed by atoms with E-state index in [0.29, 0.717) is 5.56 Å². The molecule has 0 fully saturated rings. The van der Waals surface area contributed by atoms with Crippen LogP contribution >= 0.6 is 11.6 Å². The zero-order valence-electron chi connectivity index (χ0n) is 56.8. The Morgan fingerprint density at radius 2 is 0.830 bits per heavy atom. The van der Waals surface area contributed by atoms with Gasteiger partial charge in [0, 0.05) is 20.1 Å². The summed E-state index contributed by atoms with van der Waals surface area (Å²) in [6.45, 7) is 24.1. The second-order valence-corrected chi connectivity index (χ2v) is 28.6. The number of nitrogens with zero attached hydrogens (tertiary/aromatic N) is 1. The number of hydrogen-bond acceptors (Lipinski definition) is 19. The monoisotopic (exact) mass is 1340 g/mol. The molecule has 512 valence electrons. The van der Waals surface area contributed by atoms with E-state index < -0.39 is 113 Å². The number of rotatable bonds is 20. The second kappa shape index (κ2) is 32.8. The van der Waals surface area contributed by atoms with Crippen LogP contribution in [-0.4, -0.2) is 106 Å². The van der Waals surface area contributed by atoms with Crippen LogP contribution in [0.1, 0.15) is 143 Å². The smallest absolute Gasteiger partial charge is 0.408 e. The summed E-state index contributed by atoms with van der Waals surface area (Å²) in [7, 11) is 2.37. The van der Waals surface area contributed by atoms with Crippen molar-refractivity contribution in [3.05, 3.63) is 181 Å². The first-order valence-corrected chi connectivity index (χ1v) is 31.4. The van der Waals surface area contributed by atoms with Crippen molar-refractivity contribution in [1.82, 2.24) is 14.9 Å². The van der Waals surface area contributed by atoms with Crippen LogP contribution in [0.4, 0.5) is 26.7 Å². The van der Waals surface area contributed by atoms with Crippen LogP contribution in [0.25, 0.3) is 0 Å². The van der Waals surface area contributed by atoms with Gasteiger partial charge in [-0.1, -0.05) is 133 Å². The third kappa shape index (κ3) is 20.8. The number of carbonyl (C=O) groups is 6. The van der Waals surface area contributed by atoms with Gasteiger partial charge in [0.05, 0.1) is 71.8 Å². The van der Waals surface area contributed by atoms with Crippen LogP contribution in [0.5, 0.6) is 5.75 Å². The number of halogens is 1. The van der Waals surface area contributed by atoms with Gasteiger partial charge in [0.15, 0.2) is 5.75 Å². The summed E-state index contributed by atoms with van der Waals surface area (Å²) in [5, 5.41) is 31.0. The van der Waals surface area contributed by atoms with E-state index in [9.17, 15) is 57.0 Å². The van der Waals surface area contributed by atoms with Crippen LogP contribution < -0.4 is 37.9 Å². The Labute approximate surface area is 555 Å². The highest BCUT2D eigenvalue weighted by molar-refractivity contribution is 7.89. The third-order valence-corrected chi connectivity index (χ3v) is 17.1. The van der Waals surface area contributed by atoms with E-state index in [0.717, 1.165) is 21.0 Å². The molecule has 6 rings (SSSR count). The molecule has 0 saturated heterocycles. The number of anilines is 3. The molecule has 23 nitrogen and oxygen atoms in total. The number of benzene rings is 5. The number of nitrogens with one attached hydrogen (secondary N) is 4. The van der Waals surface area contributed by atoms with Gasteiger partial charge in [-0.15, -0.1) is 0 Å². The first-order chi connectivity index (χ1) is 43.4. The Hall–Kier alpha value is -8.84. The predicted octanol–water partition coefficient (Wildman–Crippen LogP) is 11.7. The number of sulfonamides is 1. The first-order valence-electron chi connectivity index (χ1n) is 29.6. The van der Waals surface area contributed by atoms with Crippen molar-refractivity contribution in [3.63, 3.8) is 0 Å². The van der Waals surface area contributed by atoms with Crippen molar-refractivity contribution in [2.45, 2.75) is 137 Å². The number of aliphatic carboxylic acids is 1. The van der Waals surface area contributed by atoms with Crippen molar-refractivity contribution in [2.24, 2.45) is 27.4 Å². The van der Waals surface area contributed by atoms with Gasteiger partial charge in [0.2, 0.25) is 10.0 Å². The normalized spacial score (nSPS) is 13.2. The van der Waals surface area contributed by atoms with Crippen molar-refractivity contribution in [2.75, 3.05) is 46.1 Å². The standard InChI is InChI=1S/C24H26ClN3O7S.C17H25NO4.C16H23NO4.C12H17NO2/c1-24(2,23(32)35-5)22(13-9-7-6-8-10-13)27-17-16(19(30)20(17)31)26-15-12-11-14(25)21(18(15)29)36(33,34)28(3)4;1-16(2,3)22-15(20)18-13(12-10-8-7-9-11-12)17(4,5)14(19)21-6;1-15(2,3)21-14(20)17-12(16(4,5)13(18)19)11-9-7-6-8-10-11;1-12(2,11(14)15-3)10(13)9-7-5-4-6-8-9/h6-12,22,26-27,29H,1-5H3;7-11,13H,1-6H3,(H,18,20);6-10,12H,1-5H3,(H,17,20)(H,18,19);4-8,10H,13H2,1-3H3. The minimum atomic E-state index is -4.13. The molecule has 0 bridgehead atoms. The molecular weight excluding hydrogens is 1250 g/mol. The molecule has 2 amide bonds. The Bertz CT molecular complexity index is 3730. The minimum absolute atomic E-state index is 0.128. The lowest BCUT2D eigenvalue weighted by molar-refractivity contribution is -0.153. The second-order valence-electron chi connectivity index (χ2n) is 26.1. The van der Waals surface area contributed by atoms with Gasteiger partial charge < -0.3 is 60.9 Å². The van der Waals surface area contributed by atoms with Crippen LogP contribution in [0.2, 0.25) is 5.02 Å². The molecule has 94 heavy (non-hydrogen) atoms. The Kier molecular flexibility index (Phi) is 27.7. The Morgan fingerprint density at radius 3 is 1.18 bits per heavy atom. The zero-order chi connectivity index (χ0) is 71.7. The van der Waals surface area contributed by atoms with Crippen molar-refractivity contribution in [3.8, 4) is 5.75 Å². The quantitative estimate of drug-likeness (QED) is 0.0162. The molecule has 0 aliphatic carbocycles. The van der Waals surface area contributed by atoms with Gasteiger partial charge in [-0.2, -0.15) is 0 Å². The molecule has 0 saturated carbocycles. The topological polar surface area (TPSA) is 335 Å². The number of esters is 3. The summed E-state index contributed by atoms with van der Waals surface area (Å²) in [4.78, 5) is 96.3. The summed E-state index contributed by atoms with van der Waals surface area (Å²) in [6.07, 6.45) is -1.20. The number of aromatic hydroxyl groups is 1. The highest BCUT2D eigenvalue weighted by Gasteiger charge is 2.44. The number of amides is 2. The lowest BCUT2D eigenvalue weighted by atomic mass is 9.80. The van der Waals surface area contributed by atoms with Crippen molar-refractivity contribution < 1.29 is 71.1 Å². The fraction of sp³-hybridized carbons (Fsp3) is 0.420. The summed E-state index contributed by atoms with van der Waals surface area (Å²) in [6, 6.07) is 36.8. The average molecular weight is 1340 g/mol. The summed E-state index contributed by atoms with van der Waals surface area (Å²) in [5.41, 5.74) is 1.73. The number of carbonyl (C=O) groups excluding carboxylic acids is 5. The van der Waals surface area contributed by atoms with Crippen LogP contribution in [0, 0.1) is 21.7 Å². The molecule has 0 aliphatic rings. The molecule has 8 N–H and O–H groups in total. The van der Waals surface area contributed by atoms with Crippen LogP contribution in [-0.2, 0) is 52.9 Å². The number of hydrogen-bond donors (Lipinski definition) is 7. The largest absolute Gasteiger partial charge is 0.504 e. The molecule has 0 radical (unpaired) electrons. The van der Waals surface area contributed by atoms with E-state index in [1.807, 2.05) is 66.7 Å². The number of phenols is 1. The van der Waals surface area contributed by atoms with Gasteiger partial charge in [-0.05, 0) is 131 Å². The van der Waals surface area contributed by atoms with Gasteiger partial charge >= 0.3 is 36.1 Å². The molecule has 4 atom stereocenters. The summed E-state index contributed by atoms with van der Waals surface area (Å²) >= 11 is 6.04. The molecule has 0 aliphatic heterocycles. The zero-order valence-corrected chi connectivity index (χ0v) is 58.4. The lowest BCUT2D eigenvalue weighted by Crippen LogP contribution is -2.44. The minimum Gasteiger partial charge on any atom is -0.504 e. The van der Waals surface area contributed by atoms with Gasteiger partial charge in [0.1, 0.15) is 27.5 Å². The number of nitrogens with two attached hydrogens (primary N) is 1.